The summed E-state index contributed by atoms with van der Waals surface area (Å²) in [6.07, 6.45) is 0.727. The number of halogens is 3. The van der Waals surface area contributed by atoms with Gasteiger partial charge in [-0.15, -0.1) is 11.3 Å². The van der Waals surface area contributed by atoms with E-state index in [0.29, 0.717) is 16.1 Å². The fraction of sp³-hybridized carbons (Fsp3) is 0.273. The minimum absolute atomic E-state index is 0.435. The predicted molar refractivity (Wildman–Crippen MR) is 77.2 cm³/mol. The zero-order valence-corrected chi connectivity index (χ0v) is 13.1. The third-order valence-corrected chi connectivity index (χ3v) is 5.10. The van der Waals surface area contributed by atoms with Gasteiger partial charge >= 0.3 is 0 Å². The molecule has 0 amide bonds. The first-order valence-corrected chi connectivity index (χ1v) is 7.37. The molecule has 0 saturated heterocycles. The van der Waals surface area contributed by atoms with E-state index >= 15 is 0 Å². The average Bonchev–Trinajstić information content (AvgIpc) is 2.59. The summed E-state index contributed by atoms with van der Waals surface area (Å²) >= 11 is 17.3. The Morgan fingerprint density at radius 1 is 1.29 bits per heavy atom. The lowest BCUT2D eigenvalue weighted by Crippen LogP contribution is -1.95. The van der Waals surface area contributed by atoms with E-state index in [-0.39, 0.29) is 0 Å². The monoisotopic (exact) mass is 350 g/mol. The first kappa shape index (κ1) is 13.3. The maximum absolute atomic E-state index is 6.09. The first-order valence-electron chi connectivity index (χ1n) is 5.01. The molecule has 17 heavy (non-hydrogen) atoms. The van der Waals surface area contributed by atoms with Gasteiger partial charge < -0.3 is 0 Å². The van der Waals surface area contributed by atoms with Crippen molar-refractivity contribution < 1.29 is 0 Å². The number of aryl methyl sites for hydroxylation is 1. The molecule has 0 aliphatic heterocycles. The van der Waals surface area contributed by atoms with E-state index in [4.69, 9.17) is 23.2 Å². The molecule has 2 aromatic heterocycles. The molecule has 2 rings (SSSR count). The summed E-state index contributed by atoms with van der Waals surface area (Å²) in [4.78, 5) is 10.7. The van der Waals surface area contributed by atoms with E-state index in [0.717, 1.165) is 21.3 Å². The van der Waals surface area contributed by atoms with Crippen LogP contribution in [0.1, 0.15) is 17.4 Å². The van der Waals surface area contributed by atoms with Crippen molar-refractivity contribution in [2.24, 2.45) is 0 Å². The Morgan fingerprint density at radius 3 is 2.29 bits per heavy atom. The maximum atomic E-state index is 6.09. The second-order valence-corrected chi connectivity index (χ2v) is 6.30. The highest BCUT2D eigenvalue weighted by molar-refractivity contribution is 9.10. The molecular weight excluding hydrogens is 343 g/mol. The largest absolute Gasteiger partial charge is 0.215 e. The SMILES string of the molecule is CCc1c(Cl)nc(-c2cc(Br)c(C)s2)nc1Cl. The average molecular weight is 352 g/mol. The third-order valence-electron chi connectivity index (χ3n) is 2.34. The van der Waals surface area contributed by atoms with Gasteiger partial charge in [0.1, 0.15) is 10.3 Å². The van der Waals surface area contributed by atoms with Crippen LogP contribution in [0.25, 0.3) is 10.7 Å². The summed E-state index contributed by atoms with van der Waals surface area (Å²) < 4.78 is 1.05. The number of aromatic nitrogens is 2. The zero-order chi connectivity index (χ0) is 12.6. The second kappa shape index (κ2) is 5.22. The van der Waals surface area contributed by atoms with Crippen LogP contribution in [0.2, 0.25) is 10.3 Å². The molecule has 0 spiro atoms. The van der Waals surface area contributed by atoms with Crippen molar-refractivity contribution >= 4 is 50.5 Å². The smallest absolute Gasteiger partial charge is 0.172 e. The molecule has 6 heteroatoms. The Balaban J connectivity index is 2.54. The van der Waals surface area contributed by atoms with Gasteiger partial charge in [-0.3, -0.25) is 0 Å². The van der Waals surface area contributed by atoms with Gasteiger partial charge in [-0.05, 0) is 35.3 Å². The van der Waals surface area contributed by atoms with Crippen LogP contribution in [0.4, 0.5) is 0 Å². The van der Waals surface area contributed by atoms with Gasteiger partial charge in [-0.2, -0.15) is 0 Å². The first-order chi connectivity index (χ1) is 8.02. The van der Waals surface area contributed by atoms with Gasteiger partial charge in [0, 0.05) is 14.9 Å². The summed E-state index contributed by atoms with van der Waals surface area (Å²) in [5, 5.41) is 0.870. The van der Waals surface area contributed by atoms with Crippen molar-refractivity contribution in [2.75, 3.05) is 0 Å². The number of hydrogen-bond acceptors (Lipinski definition) is 3. The van der Waals surface area contributed by atoms with E-state index in [9.17, 15) is 0 Å². The summed E-state index contributed by atoms with van der Waals surface area (Å²) in [7, 11) is 0. The highest BCUT2D eigenvalue weighted by Crippen LogP contribution is 2.34. The zero-order valence-electron chi connectivity index (χ0n) is 9.22. The lowest BCUT2D eigenvalue weighted by molar-refractivity contribution is 1.05. The maximum Gasteiger partial charge on any atom is 0.172 e. The minimum atomic E-state index is 0.435. The lowest BCUT2D eigenvalue weighted by atomic mass is 10.2. The molecule has 0 aliphatic rings. The molecule has 2 nitrogen and oxygen atoms in total. The van der Waals surface area contributed by atoms with Crippen molar-refractivity contribution in [2.45, 2.75) is 20.3 Å². The summed E-state index contributed by atoms with van der Waals surface area (Å²) in [6.45, 7) is 4.00. The quantitative estimate of drug-likeness (QED) is 0.699. The molecule has 90 valence electrons. The van der Waals surface area contributed by atoms with Gasteiger partial charge in [-0.25, -0.2) is 9.97 Å². The fourth-order valence-electron chi connectivity index (χ4n) is 1.40. The molecule has 0 bridgehead atoms. The van der Waals surface area contributed by atoms with Gasteiger partial charge in [0.05, 0.1) is 4.88 Å². The van der Waals surface area contributed by atoms with Crippen molar-refractivity contribution in [1.82, 2.24) is 9.97 Å². The molecule has 0 atom stereocenters. The van der Waals surface area contributed by atoms with Crippen LogP contribution in [0.5, 0.6) is 0 Å². The Bertz CT molecular complexity index is 526. The van der Waals surface area contributed by atoms with Crippen LogP contribution >= 0.6 is 50.5 Å². The van der Waals surface area contributed by atoms with E-state index in [1.807, 2.05) is 19.9 Å². The molecule has 2 heterocycles. The Morgan fingerprint density at radius 2 is 1.88 bits per heavy atom. The number of rotatable bonds is 2. The highest BCUT2D eigenvalue weighted by atomic mass is 79.9. The number of hydrogen-bond donors (Lipinski definition) is 0. The Hall–Kier alpha value is -0.160. The van der Waals surface area contributed by atoms with Crippen molar-refractivity contribution in [1.29, 1.82) is 0 Å². The molecule has 0 saturated carbocycles. The van der Waals surface area contributed by atoms with Gasteiger partial charge in [0.25, 0.3) is 0 Å². The molecule has 0 aliphatic carbocycles. The van der Waals surface area contributed by atoms with Gasteiger partial charge in [0.15, 0.2) is 5.82 Å². The minimum Gasteiger partial charge on any atom is -0.215 e. The van der Waals surface area contributed by atoms with Crippen LogP contribution in [0, 0.1) is 6.92 Å². The van der Waals surface area contributed by atoms with Crippen molar-refractivity contribution in [3.8, 4) is 10.7 Å². The van der Waals surface area contributed by atoms with E-state index < -0.39 is 0 Å². The highest BCUT2D eigenvalue weighted by Gasteiger charge is 2.13. The normalized spacial score (nSPS) is 10.9. The number of nitrogens with zero attached hydrogens (tertiary/aromatic N) is 2. The van der Waals surface area contributed by atoms with Crippen LogP contribution in [0.3, 0.4) is 0 Å². The Kier molecular flexibility index (Phi) is 4.08. The topological polar surface area (TPSA) is 25.8 Å². The Labute approximate surface area is 122 Å². The van der Waals surface area contributed by atoms with E-state index in [2.05, 4.69) is 25.9 Å². The van der Waals surface area contributed by atoms with Gasteiger partial charge in [-0.1, -0.05) is 30.1 Å². The van der Waals surface area contributed by atoms with Gasteiger partial charge in [0.2, 0.25) is 0 Å². The van der Waals surface area contributed by atoms with Crippen molar-refractivity contribution in [3.05, 3.63) is 31.3 Å². The standard InChI is InChI=1S/C11H9BrCl2N2S/c1-3-6-9(13)15-11(16-10(6)14)8-4-7(12)5(2)17-8/h4H,3H2,1-2H3. The molecule has 2 aromatic rings. The molecule has 0 aromatic carbocycles. The van der Waals surface area contributed by atoms with Crippen LogP contribution in [0.15, 0.2) is 10.5 Å². The fourth-order valence-corrected chi connectivity index (χ4v) is 3.53. The van der Waals surface area contributed by atoms with Crippen molar-refractivity contribution in [3.63, 3.8) is 0 Å². The third kappa shape index (κ3) is 2.65. The van der Waals surface area contributed by atoms with Crippen LogP contribution in [-0.4, -0.2) is 9.97 Å². The second-order valence-electron chi connectivity index (χ2n) is 3.48. The van der Waals surface area contributed by atoms with Crippen LogP contribution < -0.4 is 0 Å². The lowest BCUT2D eigenvalue weighted by Gasteiger charge is -2.04. The van der Waals surface area contributed by atoms with E-state index in [1.165, 1.54) is 4.88 Å². The molecule has 0 N–H and O–H groups in total. The summed E-state index contributed by atoms with van der Waals surface area (Å²) in [6, 6.07) is 1.98. The molecular formula is C11H9BrCl2N2S. The van der Waals surface area contributed by atoms with Crippen LogP contribution in [-0.2, 0) is 6.42 Å². The summed E-state index contributed by atoms with van der Waals surface area (Å²) in [5.74, 6) is 0.580. The van der Waals surface area contributed by atoms with E-state index in [1.54, 1.807) is 11.3 Å². The predicted octanol–water partition coefficient (Wildman–Crippen LogP) is 5.15. The molecule has 0 unspecified atom stereocenters. The number of thiophene rings is 1. The molecule has 0 radical (unpaired) electrons. The molecule has 0 fully saturated rings. The summed E-state index contributed by atoms with van der Waals surface area (Å²) in [5.41, 5.74) is 0.796.